The van der Waals surface area contributed by atoms with E-state index in [9.17, 15) is 41.5 Å². The molecule has 13 heteroatoms. The molecule has 1 aliphatic carbocycles. The molecule has 0 unspecified atom stereocenters. The van der Waals surface area contributed by atoms with E-state index in [-0.39, 0.29) is 48.5 Å². The van der Waals surface area contributed by atoms with E-state index >= 15 is 0 Å². The SMILES string of the molecule is O=CN(O)C1(CS(=O)(=O)c2ccc(Oc3ccc(OC(F)(F)F)cc3)cc2)CCC(C(=O)O)CC1. The highest BCUT2D eigenvalue weighted by Gasteiger charge is 2.45. The maximum atomic E-state index is 13.0. The highest BCUT2D eigenvalue weighted by atomic mass is 32.2. The van der Waals surface area contributed by atoms with Crippen LogP contribution in [0, 0.1) is 5.92 Å². The molecule has 0 aromatic heterocycles. The fourth-order valence-electron chi connectivity index (χ4n) is 3.95. The molecule has 35 heavy (non-hydrogen) atoms. The molecule has 0 radical (unpaired) electrons. The van der Waals surface area contributed by atoms with Crippen LogP contribution in [0.4, 0.5) is 13.2 Å². The van der Waals surface area contributed by atoms with Crippen LogP contribution in [0.3, 0.4) is 0 Å². The molecule has 2 aromatic rings. The number of nitrogens with zero attached hydrogens (tertiary/aromatic N) is 1. The highest BCUT2D eigenvalue weighted by Crippen LogP contribution is 2.38. The summed E-state index contributed by atoms with van der Waals surface area (Å²) in [5.74, 6) is -2.34. The van der Waals surface area contributed by atoms with Gasteiger partial charge in [-0.2, -0.15) is 0 Å². The Hall–Kier alpha value is -3.32. The lowest BCUT2D eigenvalue weighted by atomic mass is 9.77. The first-order valence-electron chi connectivity index (χ1n) is 10.4. The smallest absolute Gasteiger partial charge is 0.481 e. The molecule has 0 heterocycles. The van der Waals surface area contributed by atoms with E-state index in [1.807, 2.05) is 0 Å². The molecule has 0 aliphatic heterocycles. The number of amides is 1. The van der Waals surface area contributed by atoms with Gasteiger partial charge in [-0.25, -0.2) is 13.5 Å². The van der Waals surface area contributed by atoms with E-state index in [0.717, 1.165) is 12.1 Å². The summed E-state index contributed by atoms with van der Waals surface area (Å²) in [5.41, 5.74) is -1.46. The van der Waals surface area contributed by atoms with E-state index in [2.05, 4.69) is 4.74 Å². The van der Waals surface area contributed by atoms with Crippen LogP contribution in [0.2, 0.25) is 0 Å². The van der Waals surface area contributed by atoms with Crippen LogP contribution < -0.4 is 9.47 Å². The van der Waals surface area contributed by atoms with Crippen LogP contribution in [-0.2, 0) is 19.4 Å². The molecule has 0 spiro atoms. The van der Waals surface area contributed by atoms with Crippen LogP contribution in [0.5, 0.6) is 17.2 Å². The summed E-state index contributed by atoms with van der Waals surface area (Å²) in [7, 11) is -4.01. The Morgan fingerprint density at radius 3 is 1.97 bits per heavy atom. The molecule has 2 aromatic carbocycles. The van der Waals surface area contributed by atoms with Crippen LogP contribution >= 0.6 is 0 Å². The number of aliphatic carboxylic acids is 1. The monoisotopic (exact) mass is 517 g/mol. The zero-order chi connectivity index (χ0) is 25.9. The van der Waals surface area contributed by atoms with Crippen LogP contribution in [-0.4, -0.2) is 53.8 Å². The van der Waals surface area contributed by atoms with Crippen molar-refractivity contribution < 1.29 is 51.0 Å². The first kappa shape index (κ1) is 26.3. The maximum Gasteiger partial charge on any atom is 0.573 e. The minimum absolute atomic E-state index is 0.00627. The molecule has 190 valence electrons. The van der Waals surface area contributed by atoms with E-state index in [0.29, 0.717) is 5.06 Å². The quantitative estimate of drug-likeness (QED) is 0.290. The minimum Gasteiger partial charge on any atom is -0.481 e. The Balaban J connectivity index is 1.71. The van der Waals surface area contributed by atoms with Crippen LogP contribution in [0.15, 0.2) is 53.4 Å². The van der Waals surface area contributed by atoms with Gasteiger partial charge in [0.15, 0.2) is 9.84 Å². The van der Waals surface area contributed by atoms with Gasteiger partial charge in [0.25, 0.3) is 0 Å². The van der Waals surface area contributed by atoms with E-state index in [1.54, 1.807) is 0 Å². The Labute approximate surface area is 198 Å². The van der Waals surface area contributed by atoms with Gasteiger partial charge < -0.3 is 14.6 Å². The van der Waals surface area contributed by atoms with Crippen molar-refractivity contribution in [3.8, 4) is 17.2 Å². The lowest BCUT2D eigenvalue weighted by molar-refractivity contribution is -0.274. The fourth-order valence-corrected chi connectivity index (χ4v) is 5.80. The Bertz CT molecular complexity index is 1140. The number of sulfone groups is 1. The molecule has 0 bridgehead atoms. The van der Waals surface area contributed by atoms with Gasteiger partial charge in [0, 0.05) is 0 Å². The number of rotatable bonds is 9. The van der Waals surface area contributed by atoms with Gasteiger partial charge in [-0.15, -0.1) is 13.2 Å². The number of carboxylic acids is 1. The number of carbonyl (C=O) groups excluding carboxylic acids is 1. The van der Waals surface area contributed by atoms with Crippen molar-refractivity contribution in [2.75, 3.05) is 5.75 Å². The maximum absolute atomic E-state index is 13.0. The summed E-state index contributed by atoms with van der Waals surface area (Å²) in [6, 6.07) is 9.82. The Morgan fingerprint density at radius 2 is 1.51 bits per heavy atom. The molecule has 1 fully saturated rings. The first-order valence-corrected chi connectivity index (χ1v) is 12.0. The number of halogens is 3. The number of hydrogen-bond donors (Lipinski definition) is 2. The molecule has 1 amide bonds. The molecule has 2 N–H and O–H groups in total. The molecular formula is C22H22F3NO8S. The van der Waals surface area contributed by atoms with Gasteiger partial charge >= 0.3 is 12.3 Å². The number of hydrogen-bond acceptors (Lipinski definition) is 7. The second-order valence-electron chi connectivity index (χ2n) is 8.14. The molecule has 0 atom stereocenters. The second-order valence-corrected chi connectivity index (χ2v) is 10.1. The highest BCUT2D eigenvalue weighted by molar-refractivity contribution is 7.91. The number of alkyl halides is 3. The largest absolute Gasteiger partial charge is 0.573 e. The third-order valence-electron chi connectivity index (χ3n) is 5.79. The number of benzene rings is 2. The summed E-state index contributed by atoms with van der Waals surface area (Å²) in [6.45, 7) is 0. The standard InChI is InChI=1S/C22H22F3NO8S/c23-22(24,25)34-18-3-1-16(2-4-18)33-17-5-7-19(8-6-17)35(31,32)13-21(26(30)14-27)11-9-15(10-12-21)20(28)29/h1-8,14-15,30H,9-13H2,(H,28,29). The van der Waals surface area contributed by atoms with Gasteiger partial charge in [-0.1, -0.05) is 0 Å². The van der Waals surface area contributed by atoms with Gasteiger partial charge in [-0.3, -0.25) is 14.8 Å². The van der Waals surface area contributed by atoms with Gasteiger partial charge in [0.1, 0.15) is 17.2 Å². The zero-order valence-electron chi connectivity index (χ0n) is 18.1. The normalized spacial score (nSPS) is 20.6. The predicted molar refractivity (Wildman–Crippen MR) is 114 cm³/mol. The predicted octanol–water partition coefficient (Wildman–Crippen LogP) is 4.01. The second kappa shape index (κ2) is 10.1. The van der Waals surface area contributed by atoms with E-state index in [1.165, 1.54) is 36.4 Å². The lowest BCUT2D eigenvalue weighted by Gasteiger charge is -2.42. The summed E-state index contributed by atoms with van der Waals surface area (Å²) in [6.07, 6.45) is -4.51. The lowest BCUT2D eigenvalue weighted by Crippen LogP contribution is -2.53. The van der Waals surface area contributed by atoms with Crippen molar-refractivity contribution in [2.24, 2.45) is 5.92 Å². The fraction of sp³-hybridized carbons (Fsp3) is 0.364. The zero-order valence-corrected chi connectivity index (χ0v) is 19.0. The number of hydroxylamine groups is 2. The van der Waals surface area contributed by atoms with E-state index in [4.69, 9.17) is 4.74 Å². The number of carboxylic acid groups (broad SMARTS) is 1. The van der Waals surface area contributed by atoms with Crippen molar-refractivity contribution in [2.45, 2.75) is 42.5 Å². The summed E-state index contributed by atoms with van der Waals surface area (Å²) >= 11 is 0. The molecule has 3 rings (SSSR count). The number of carbonyl (C=O) groups is 2. The van der Waals surface area contributed by atoms with Crippen molar-refractivity contribution >= 4 is 22.2 Å². The molecule has 1 saturated carbocycles. The Morgan fingerprint density at radius 1 is 1.03 bits per heavy atom. The van der Waals surface area contributed by atoms with Crippen molar-refractivity contribution in [1.29, 1.82) is 0 Å². The average Bonchev–Trinajstić information content (AvgIpc) is 2.79. The third-order valence-corrected chi connectivity index (χ3v) is 7.69. The Kier molecular flexibility index (Phi) is 7.60. The summed E-state index contributed by atoms with van der Waals surface area (Å²) < 4.78 is 72.1. The topological polar surface area (TPSA) is 130 Å². The van der Waals surface area contributed by atoms with Crippen molar-refractivity contribution in [1.82, 2.24) is 5.06 Å². The summed E-state index contributed by atoms with van der Waals surface area (Å²) in [4.78, 5) is 22.3. The van der Waals surface area contributed by atoms with Crippen molar-refractivity contribution in [3.63, 3.8) is 0 Å². The van der Waals surface area contributed by atoms with Gasteiger partial charge in [0.2, 0.25) is 6.41 Å². The van der Waals surface area contributed by atoms with Gasteiger partial charge in [0.05, 0.1) is 22.1 Å². The minimum atomic E-state index is -4.82. The molecule has 0 saturated heterocycles. The third kappa shape index (κ3) is 6.63. The van der Waals surface area contributed by atoms with Crippen LogP contribution in [0.1, 0.15) is 25.7 Å². The van der Waals surface area contributed by atoms with Crippen LogP contribution in [0.25, 0.3) is 0 Å². The average molecular weight is 517 g/mol. The molecule has 9 nitrogen and oxygen atoms in total. The number of ether oxygens (including phenoxy) is 2. The first-order chi connectivity index (χ1) is 16.3. The molecule has 1 aliphatic rings. The van der Waals surface area contributed by atoms with Gasteiger partial charge in [-0.05, 0) is 74.2 Å². The molecular weight excluding hydrogens is 495 g/mol. The van der Waals surface area contributed by atoms with E-state index < -0.39 is 45.1 Å². The van der Waals surface area contributed by atoms with Crippen molar-refractivity contribution in [3.05, 3.63) is 48.5 Å². The summed E-state index contributed by atoms with van der Waals surface area (Å²) in [5, 5.41) is 19.6.